The van der Waals surface area contributed by atoms with Gasteiger partial charge in [-0.1, -0.05) is 71.4 Å². The van der Waals surface area contributed by atoms with Crippen molar-refractivity contribution in [2.24, 2.45) is 0 Å². The normalized spacial score (nSPS) is 10.7. The van der Waals surface area contributed by atoms with Gasteiger partial charge in [0.2, 0.25) is 5.16 Å². The van der Waals surface area contributed by atoms with Crippen molar-refractivity contribution in [2.45, 2.75) is 31.7 Å². The molecule has 4 aromatic rings. The van der Waals surface area contributed by atoms with Gasteiger partial charge in [-0.05, 0) is 60.6 Å². The van der Waals surface area contributed by atoms with Gasteiger partial charge in [0.05, 0.1) is 12.3 Å². The first-order valence-electron chi connectivity index (χ1n) is 11.6. The molecule has 1 aromatic heterocycles. The highest BCUT2D eigenvalue weighted by molar-refractivity contribution is 7.99. The number of nitrogens with zero attached hydrogens (tertiary/aromatic N) is 4. The molecule has 37 heavy (non-hydrogen) atoms. The van der Waals surface area contributed by atoms with Crippen molar-refractivity contribution < 1.29 is 9.47 Å². The van der Waals surface area contributed by atoms with Crippen LogP contribution < -0.4 is 14.8 Å². The van der Waals surface area contributed by atoms with Gasteiger partial charge in [0.25, 0.3) is 0 Å². The van der Waals surface area contributed by atoms with E-state index >= 15 is 0 Å². The molecule has 1 heterocycles. The summed E-state index contributed by atoms with van der Waals surface area (Å²) >= 11 is 14.0. The molecular weight excluding hydrogens is 553 g/mol. The van der Waals surface area contributed by atoms with Crippen LogP contribution in [0.1, 0.15) is 24.5 Å². The lowest BCUT2D eigenvalue weighted by Gasteiger charge is -2.17. The number of tetrazole rings is 1. The molecule has 4 rings (SSSR count). The van der Waals surface area contributed by atoms with E-state index in [0.717, 1.165) is 40.7 Å². The summed E-state index contributed by atoms with van der Waals surface area (Å²) in [6.07, 6.45) is 0.952. The maximum absolute atomic E-state index is 6.33. The Morgan fingerprint density at radius 3 is 2.59 bits per heavy atom. The zero-order valence-corrected chi connectivity index (χ0v) is 23.4. The molecule has 0 atom stereocenters. The first kappa shape index (κ1) is 29.1. The van der Waals surface area contributed by atoms with Crippen molar-refractivity contribution in [2.75, 3.05) is 18.9 Å². The van der Waals surface area contributed by atoms with Crippen molar-refractivity contribution in [1.82, 2.24) is 25.5 Å². The van der Waals surface area contributed by atoms with E-state index in [0.29, 0.717) is 41.3 Å². The van der Waals surface area contributed by atoms with Gasteiger partial charge >= 0.3 is 0 Å². The van der Waals surface area contributed by atoms with E-state index < -0.39 is 0 Å². The topological polar surface area (TPSA) is 74.1 Å². The van der Waals surface area contributed by atoms with Crippen LogP contribution in [0.2, 0.25) is 10.0 Å². The summed E-state index contributed by atoms with van der Waals surface area (Å²) in [5.74, 6) is 2.32. The lowest BCUT2D eigenvalue weighted by atomic mass is 10.1. The summed E-state index contributed by atoms with van der Waals surface area (Å²) in [6, 6.07) is 21.2. The predicted molar refractivity (Wildman–Crippen MR) is 152 cm³/mol. The molecule has 0 aliphatic heterocycles. The second-order valence-electron chi connectivity index (χ2n) is 7.79. The largest absolute Gasteiger partial charge is 0.490 e. The fraction of sp³-hybridized carbons (Fsp3) is 0.269. The molecule has 0 saturated carbocycles. The molecule has 11 heteroatoms. The Balaban J connectivity index is 0.00000380. The monoisotopic (exact) mass is 579 g/mol. The smallest absolute Gasteiger partial charge is 0.214 e. The van der Waals surface area contributed by atoms with Crippen LogP contribution in [0.3, 0.4) is 0 Å². The van der Waals surface area contributed by atoms with E-state index in [4.69, 9.17) is 32.7 Å². The minimum atomic E-state index is 0. The number of rotatable bonds is 13. The molecule has 196 valence electrons. The van der Waals surface area contributed by atoms with E-state index in [-0.39, 0.29) is 12.4 Å². The maximum Gasteiger partial charge on any atom is 0.214 e. The molecule has 0 aliphatic carbocycles. The molecule has 0 bridgehead atoms. The lowest BCUT2D eigenvalue weighted by molar-refractivity contribution is 0.266. The number of nitrogens with one attached hydrogen (secondary N) is 1. The van der Waals surface area contributed by atoms with Gasteiger partial charge < -0.3 is 14.8 Å². The van der Waals surface area contributed by atoms with Crippen molar-refractivity contribution in [1.29, 1.82) is 0 Å². The fourth-order valence-electron chi connectivity index (χ4n) is 3.51. The van der Waals surface area contributed by atoms with Gasteiger partial charge in [-0.15, -0.1) is 17.5 Å². The quantitative estimate of drug-likeness (QED) is 0.140. The minimum absolute atomic E-state index is 0. The van der Waals surface area contributed by atoms with Crippen LogP contribution >= 0.6 is 47.4 Å². The molecule has 0 saturated heterocycles. The number of halogens is 3. The summed E-state index contributed by atoms with van der Waals surface area (Å²) in [6.45, 7) is 4.31. The Morgan fingerprint density at radius 2 is 1.81 bits per heavy atom. The second-order valence-corrected chi connectivity index (χ2v) is 9.70. The van der Waals surface area contributed by atoms with Crippen LogP contribution in [-0.2, 0) is 13.2 Å². The van der Waals surface area contributed by atoms with E-state index in [1.807, 2.05) is 61.5 Å². The Bertz CT molecular complexity index is 1260. The highest BCUT2D eigenvalue weighted by Gasteiger charge is 2.13. The van der Waals surface area contributed by atoms with Gasteiger partial charge in [0.1, 0.15) is 6.61 Å². The van der Waals surface area contributed by atoms with Crippen LogP contribution in [-0.4, -0.2) is 39.1 Å². The van der Waals surface area contributed by atoms with E-state index in [9.17, 15) is 0 Å². The van der Waals surface area contributed by atoms with Crippen LogP contribution in [0.25, 0.3) is 5.69 Å². The van der Waals surface area contributed by atoms with Crippen molar-refractivity contribution in [3.8, 4) is 17.2 Å². The molecule has 0 spiro atoms. The average molecular weight is 581 g/mol. The van der Waals surface area contributed by atoms with Crippen LogP contribution in [0.4, 0.5) is 0 Å². The molecule has 7 nitrogen and oxygen atoms in total. The highest BCUT2D eigenvalue weighted by atomic mass is 35.5. The lowest BCUT2D eigenvalue weighted by Crippen LogP contribution is -2.16. The number of hydrogen-bond acceptors (Lipinski definition) is 7. The van der Waals surface area contributed by atoms with Gasteiger partial charge in [-0.2, -0.15) is 4.68 Å². The Hall–Kier alpha value is -2.49. The molecule has 0 radical (unpaired) electrons. The zero-order valence-electron chi connectivity index (χ0n) is 20.3. The number of ether oxygens (including phenoxy) is 2. The number of para-hydroxylation sites is 2. The SMILES string of the molecule is CCOc1cccc(CNCCCSc2nnnn2-c2ccccc2)c1OCc1ccc(Cl)cc1Cl.Cl. The van der Waals surface area contributed by atoms with E-state index in [2.05, 4.69) is 20.8 Å². The molecule has 0 aliphatic rings. The fourth-order valence-corrected chi connectivity index (χ4v) is 4.80. The molecule has 3 aromatic carbocycles. The highest BCUT2D eigenvalue weighted by Crippen LogP contribution is 2.33. The molecule has 1 N–H and O–H groups in total. The first-order valence-corrected chi connectivity index (χ1v) is 13.4. The summed E-state index contributed by atoms with van der Waals surface area (Å²) in [5.41, 5.74) is 2.83. The Morgan fingerprint density at radius 1 is 0.973 bits per heavy atom. The molecule has 0 fully saturated rings. The summed E-state index contributed by atoms with van der Waals surface area (Å²) in [4.78, 5) is 0. The van der Waals surface area contributed by atoms with Crippen LogP contribution in [0.5, 0.6) is 11.5 Å². The van der Waals surface area contributed by atoms with Crippen molar-refractivity contribution in [3.63, 3.8) is 0 Å². The van der Waals surface area contributed by atoms with Gasteiger partial charge in [0.15, 0.2) is 11.5 Å². The summed E-state index contributed by atoms with van der Waals surface area (Å²) < 4.78 is 13.8. The van der Waals surface area contributed by atoms with Crippen LogP contribution in [0.15, 0.2) is 71.9 Å². The zero-order chi connectivity index (χ0) is 25.2. The predicted octanol–water partition coefficient (Wildman–Crippen LogP) is 6.64. The number of thioether (sulfide) groups is 1. The standard InChI is InChI=1S/C26H27Cl2N5O2S.ClH/c1-2-34-24-11-6-8-19(25(24)35-18-20-12-13-21(27)16-23(20)28)17-29-14-7-15-36-26-30-31-32-33(26)22-9-4-3-5-10-22;/h3-6,8-13,16,29H,2,7,14-15,17-18H2,1H3;1H. The number of hydrogen-bond donors (Lipinski definition) is 1. The minimum Gasteiger partial charge on any atom is -0.490 e. The van der Waals surface area contributed by atoms with E-state index in [1.165, 1.54) is 0 Å². The van der Waals surface area contributed by atoms with Gasteiger partial charge in [-0.25, -0.2) is 0 Å². The van der Waals surface area contributed by atoms with Crippen molar-refractivity contribution in [3.05, 3.63) is 87.9 Å². The number of benzene rings is 3. The Kier molecular flexibility index (Phi) is 11.8. The maximum atomic E-state index is 6.33. The molecular formula is C26H28Cl3N5O2S. The third kappa shape index (κ3) is 8.25. The number of aromatic nitrogens is 4. The first-order chi connectivity index (χ1) is 17.7. The summed E-state index contributed by atoms with van der Waals surface area (Å²) in [7, 11) is 0. The third-order valence-electron chi connectivity index (χ3n) is 5.23. The molecule has 0 unspecified atom stereocenters. The van der Waals surface area contributed by atoms with Gasteiger partial charge in [-0.3, -0.25) is 0 Å². The molecule has 0 amide bonds. The van der Waals surface area contributed by atoms with Crippen LogP contribution in [0, 0.1) is 0 Å². The summed E-state index contributed by atoms with van der Waals surface area (Å²) in [5, 5.41) is 17.5. The van der Waals surface area contributed by atoms with E-state index in [1.54, 1.807) is 28.6 Å². The second kappa shape index (κ2) is 15.1. The third-order valence-corrected chi connectivity index (χ3v) is 6.83. The average Bonchev–Trinajstić information content (AvgIpc) is 3.36. The van der Waals surface area contributed by atoms with Crippen molar-refractivity contribution >= 4 is 47.4 Å². The van der Waals surface area contributed by atoms with Gasteiger partial charge in [0, 0.05) is 33.5 Å². The Labute approximate surface area is 237 Å².